The molecule has 0 aliphatic heterocycles. The van der Waals surface area contributed by atoms with Crippen LogP contribution in [0.3, 0.4) is 0 Å². The van der Waals surface area contributed by atoms with Crippen LogP contribution >= 0.6 is 0 Å². The van der Waals surface area contributed by atoms with Gasteiger partial charge < -0.3 is 5.11 Å². The number of aliphatic hydroxyl groups excluding tert-OH is 1. The van der Waals surface area contributed by atoms with E-state index in [1.165, 1.54) is 11.6 Å². The molecule has 1 atom stereocenters. The molecule has 14 heavy (non-hydrogen) atoms. The van der Waals surface area contributed by atoms with Crippen LogP contribution in [0.25, 0.3) is 0 Å². The Labute approximate surface area is 84.6 Å². The van der Waals surface area contributed by atoms with Crippen molar-refractivity contribution in [3.8, 4) is 0 Å². The van der Waals surface area contributed by atoms with Crippen LogP contribution in [0.4, 0.5) is 4.39 Å². The van der Waals surface area contributed by atoms with Crippen molar-refractivity contribution in [2.45, 2.75) is 39.2 Å². The maximum Gasteiger partial charge on any atom is 0.123 e. The third-order valence-electron chi connectivity index (χ3n) is 2.37. The van der Waals surface area contributed by atoms with E-state index in [0.29, 0.717) is 0 Å². The maximum absolute atomic E-state index is 12.8. The van der Waals surface area contributed by atoms with Crippen LogP contribution < -0.4 is 0 Å². The highest BCUT2D eigenvalue weighted by atomic mass is 19.1. The van der Waals surface area contributed by atoms with E-state index in [-0.39, 0.29) is 11.9 Å². The molecule has 2 heteroatoms. The fourth-order valence-corrected chi connectivity index (χ4v) is 1.53. The summed E-state index contributed by atoms with van der Waals surface area (Å²) in [6, 6.07) is 4.87. The predicted octanol–water partition coefficient (Wildman–Crippen LogP) is 2.84. The molecule has 0 heterocycles. The third kappa shape index (κ3) is 3.46. The molecule has 1 aromatic carbocycles. The summed E-state index contributed by atoms with van der Waals surface area (Å²) in [7, 11) is 0. The summed E-state index contributed by atoms with van der Waals surface area (Å²) in [4.78, 5) is 0. The summed E-state index contributed by atoms with van der Waals surface area (Å²) in [6.45, 7) is 3.71. The number of aliphatic hydroxyl groups is 1. The summed E-state index contributed by atoms with van der Waals surface area (Å²) < 4.78 is 12.8. The molecule has 0 spiro atoms. The minimum Gasteiger partial charge on any atom is -0.393 e. The quantitative estimate of drug-likeness (QED) is 0.785. The molecule has 1 nitrogen and oxygen atoms in total. The zero-order valence-corrected chi connectivity index (χ0v) is 8.76. The van der Waals surface area contributed by atoms with Gasteiger partial charge in [-0.1, -0.05) is 6.07 Å². The average Bonchev–Trinajstić information content (AvgIpc) is 2.08. The summed E-state index contributed by atoms with van der Waals surface area (Å²) in [5.41, 5.74) is 2.17. The molecule has 78 valence electrons. The summed E-state index contributed by atoms with van der Waals surface area (Å²) in [6.07, 6.45) is 2.42. The molecule has 0 saturated heterocycles. The predicted molar refractivity (Wildman–Crippen MR) is 55.8 cm³/mol. The normalized spacial score (nSPS) is 12.9. The van der Waals surface area contributed by atoms with Crippen LogP contribution in [0, 0.1) is 12.7 Å². The van der Waals surface area contributed by atoms with Crippen molar-refractivity contribution in [2.24, 2.45) is 0 Å². The van der Waals surface area contributed by atoms with Gasteiger partial charge in [-0.2, -0.15) is 0 Å². The second kappa shape index (κ2) is 5.11. The van der Waals surface area contributed by atoms with Crippen molar-refractivity contribution < 1.29 is 9.50 Å². The van der Waals surface area contributed by atoms with Crippen molar-refractivity contribution in [1.82, 2.24) is 0 Å². The second-order valence-corrected chi connectivity index (χ2v) is 3.81. The smallest absolute Gasteiger partial charge is 0.123 e. The fourth-order valence-electron chi connectivity index (χ4n) is 1.53. The number of halogens is 1. The number of benzene rings is 1. The van der Waals surface area contributed by atoms with Gasteiger partial charge in [0.1, 0.15) is 5.82 Å². The van der Waals surface area contributed by atoms with Crippen LogP contribution in [-0.2, 0) is 6.42 Å². The van der Waals surface area contributed by atoms with Gasteiger partial charge >= 0.3 is 0 Å². The van der Waals surface area contributed by atoms with E-state index in [0.717, 1.165) is 24.8 Å². The van der Waals surface area contributed by atoms with Crippen LogP contribution in [0.2, 0.25) is 0 Å². The number of hydrogen-bond acceptors (Lipinski definition) is 1. The van der Waals surface area contributed by atoms with Gasteiger partial charge in [-0.25, -0.2) is 4.39 Å². The van der Waals surface area contributed by atoms with Gasteiger partial charge in [0.25, 0.3) is 0 Å². The topological polar surface area (TPSA) is 20.2 Å². The van der Waals surface area contributed by atoms with Crippen LogP contribution in [0.5, 0.6) is 0 Å². The SMILES string of the molecule is Cc1cc(F)ccc1CCCC(C)O. The van der Waals surface area contributed by atoms with Gasteiger partial charge in [0, 0.05) is 0 Å². The standard InChI is InChI=1S/C12H17FO/c1-9-8-12(13)7-6-11(9)5-3-4-10(2)14/h6-8,10,14H,3-5H2,1-2H3. The maximum atomic E-state index is 12.8. The first kappa shape index (κ1) is 11.2. The Kier molecular flexibility index (Phi) is 4.08. The first-order chi connectivity index (χ1) is 6.59. The minimum atomic E-state index is -0.240. The van der Waals surface area contributed by atoms with Crippen molar-refractivity contribution in [2.75, 3.05) is 0 Å². The fraction of sp³-hybridized carbons (Fsp3) is 0.500. The third-order valence-corrected chi connectivity index (χ3v) is 2.37. The summed E-state index contributed by atoms with van der Waals surface area (Å²) in [5, 5.41) is 9.08. The molecule has 0 fully saturated rings. The molecule has 1 aromatic rings. The molecule has 0 aliphatic carbocycles. The number of rotatable bonds is 4. The number of aryl methyl sites for hydroxylation is 2. The van der Waals surface area contributed by atoms with Crippen molar-refractivity contribution in [1.29, 1.82) is 0 Å². The second-order valence-electron chi connectivity index (χ2n) is 3.81. The van der Waals surface area contributed by atoms with Gasteiger partial charge in [-0.05, 0) is 56.4 Å². The van der Waals surface area contributed by atoms with Crippen LogP contribution in [-0.4, -0.2) is 11.2 Å². The summed E-state index contributed by atoms with van der Waals surface area (Å²) >= 11 is 0. The van der Waals surface area contributed by atoms with Gasteiger partial charge in [0.15, 0.2) is 0 Å². The highest BCUT2D eigenvalue weighted by Crippen LogP contribution is 2.13. The molecular formula is C12H17FO. The summed E-state index contributed by atoms with van der Waals surface area (Å²) in [5.74, 6) is -0.179. The van der Waals surface area contributed by atoms with Crippen LogP contribution in [0.15, 0.2) is 18.2 Å². The van der Waals surface area contributed by atoms with E-state index in [4.69, 9.17) is 5.11 Å². The average molecular weight is 196 g/mol. The molecule has 0 aliphatic rings. The van der Waals surface area contributed by atoms with Gasteiger partial charge in [0.2, 0.25) is 0 Å². The molecule has 1 rings (SSSR count). The monoisotopic (exact) mass is 196 g/mol. The Morgan fingerprint density at radius 2 is 2.14 bits per heavy atom. The zero-order chi connectivity index (χ0) is 10.6. The van der Waals surface area contributed by atoms with Gasteiger partial charge in [-0.15, -0.1) is 0 Å². The van der Waals surface area contributed by atoms with Crippen molar-refractivity contribution in [3.05, 3.63) is 35.1 Å². The zero-order valence-electron chi connectivity index (χ0n) is 8.76. The van der Waals surface area contributed by atoms with E-state index in [1.54, 1.807) is 13.0 Å². The van der Waals surface area contributed by atoms with Crippen molar-refractivity contribution >= 4 is 0 Å². The largest absolute Gasteiger partial charge is 0.393 e. The lowest BCUT2D eigenvalue weighted by molar-refractivity contribution is 0.181. The molecular weight excluding hydrogens is 179 g/mol. The molecule has 1 N–H and O–H groups in total. The Hall–Kier alpha value is -0.890. The molecule has 0 radical (unpaired) electrons. The van der Waals surface area contributed by atoms with E-state index in [1.807, 2.05) is 13.0 Å². The van der Waals surface area contributed by atoms with Gasteiger partial charge in [-0.3, -0.25) is 0 Å². The highest BCUT2D eigenvalue weighted by molar-refractivity contribution is 5.26. The number of hydrogen-bond donors (Lipinski definition) is 1. The van der Waals surface area contributed by atoms with E-state index < -0.39 is 0 Å². The molecule has 0 aromatic heterocycles. The Morgan fingerprint density at radius 1 is 1.43 bits per heavy atom. The van der Waals surface area contributed by atoms with E-state index in [9.17, 15) is 4.39 Å². The highest BCUT2D eigenvalue weighted by Gasteiger charge is 2.01. The van der Waals surface area contributed by atoms with Gasteiger partial charge in [0.05, 0.1) is 6.10 Å². The minimum absolute atomic E-state index is 0.179. The van der Waals surface area contributed by atoms with E-state index in [2.05, 4.69) is 0 Å². The Bertz CT molecular complexity index is 294. The van der Waals surface area contributed by atoms with Crippen LogP contribution in [0.1, 0.15) is 30.9 Å². The molecule has 0 amide bonds. The molecule has 1 unspecified atom stereocenters. The van der Waals surface area contributed by atoms with E-state index >= 15 is 0 Å². The molecule has 0 saturated carbocycles. The molecule has 0 bridgehead atoms. The Morgan fingerprint density at radius 3 is 2.71 bits per heavy atom. The first-order valence-corrected chi connectivity index (χ1v) is 5.02. The lowest BCUT2D eigenvalue weighted by atomic mass is 10.0. The van der Waals surface area contributed by atoms with Crippen molar-refractivity contribution in [3.63, 3.8) is 0 Å². The lowest BCUT2D eigenvalue weighted by Gasteiger charge is -2.06. The lowest BCUT2D eigenvalue weighted by Crippen LogP contribution is -2.00. The Balaban J connectivity index is 2.51. The first-order valence-electron chi connectivity index (χ1n) is 5.02.